The van der Waals surface area contributed by atoms with Crippen LogP contribution in [0.2, 0.25) is 0 Å². The highest BCUT2D eigenvalue weighted by Gasteiger charge is 2.15. The highest BCUT2D eigenvalue weighted by Crippen LogP contribution is 2.16. The quantitative estimate of drug-likeness (QED) is 0.185. The second-order valence-corrected chi connectivity index (χ2v) is 9.41. The van der Waals surface area contributed by atoms with Gasteiger partial charge in [0.25, 0.3) is 11.8 Å². The molecule has 7 heteroatoms. The van der Waals surface area contributed by atoms with Gasteiger partial charge in [-0.25, -0.2) is 0 Å². The summed E-state index contributed by atoms with van der Waals surface area (Å²) >= 11 is 4.90. The number of carbonyl (C=O) groups excluding carboxylic acids is 3. The number of anilines is 1. The molecule has 0 unspecified atom stereocenters. The van der Waals surface area contributed by atoms with Crippen molar-refractivity contribution in [3.05, 3.63) is 134 Å². The van der Waals surface area contributed by atoms with E-state index >= 15 is 0 Å². The molecule has 0 saturated carbocycles. The molecule has 0 spiro atoms. The first-order valence-electron chi connectivity index (χ1n) is 11.0. The van der Waals surface area contributed by atoms with Gasteiger partial charge in [-0.15, -0.1) is 0 Å². The molecule has 2 amide bonds. The van der Waals surface area contributed by atoms with Gasteiger partial charge >= 0.3 is 0 Å². The fourth-order valence-electron chi connectivity index (χ4n) is 3.26. The first-order valence-corrected chi connectivity index (χ1v) is 12.7. The summed E-state index contributed by atoms with van der Waals surface area (Å²) in [6, 6.07) is 24.8. The molecule has 0 bridgehead atoms. The molecule has 2 N–H and O–H groups in total. The molecule has 5 nitrogen and oxygen atoms in total. The first kappa shape index (κ1) is 25.0. The smallest absolute Gasteiger partial charge is 0.272 e. The third-order valence-electron chi connectivity index (χ3n) is 5.09. The van der Waals surface area contributed by atoms with Crippen molar-refractivity contribution in [2.45, 2.75) is 0 Å². The van der Waals surface area contributed by atoms with Crippen LogP contribution in [0.15, 0.2) is 112 Å². The van der Waals surface area contributed by atoms with Crippen molar-refractivity contribution in [1.82, 2.24) is 5.32 Å². The topological polar surface area (TPSA) is 75.3 Å². The van der Waals surface area contributed by atoms with E-state index in [1.54, 1.807) is 60.7 Å². The van der Waals surface area contributed by atoms with E-state index in [9.17, 15) is 14.4 Å². The van der Waals surface area contributed by atoms with Gasteiger partial charge in [0.05, 0.1) is 0 Å². The van der Waals surface area contributed by atoms with Crippen molar-refractivity contribution in [2.75, 3.05) is 5.32 Å². The van der Waals surface area contributed by atoms with Crippen LogP contribution in [0.5, 0.6) is 0 Å². The van der Waals surface area contributed by atoms with Crippen LogP contribution >= 0.6 is 27.3 Å². The Kier molecular flexibility index (Phi) is 8.39. The van der Waals surface area contributed by atoms with E-state index in [1.807, 2.05) is 47.2 Å². The minimum absolute atomic E-state index is 0.111. The molecule has 4 aromatic rings. The Morgan fingerprint density at radius 2 is 1.58 bits per heavy atom. The van der Waals surface area contributed by atoms with Crippen molar-refractivity contribution < 1.29 is 14.4 Å². The lowest BCUT2D eigenvalue weighted by atomic mass is 10.1. The fraction of sp³-hybridized carbons (Fsp3) is 0. The molecule has 0 saturated heterocycles. The Morgan fingerprint density at radius 1 is 0.806 bits per heavy atom. The highest BCUT2D eigenvalue weighted by atomic mass is 79.9. The molecule has 3 aromatic carbocycles. The molecule has 0 aliphatic carbocycles. The van der Waals surface area contributed by atoms with Crippen molar-refractivity contribution in [3.63, 3.8) is 0 Å². The van der Waals surface area contributed by atoms with Gasteiger partial charge in [0.15, 0.2) is 5.78 Å². The van der Waals surface area contributed by atoms with Gasteiger partial charge in [0, 0.05) is 21.3 Å². The number of ketones is 1. The van der Waals surface area contributed by atoms with E-state index in [4.69, 9.17) is 0 Å². The highest BCUT2D eigenvalue weighted by molar-refractivity contribution is 9.10. The minimum atomic E-state index is -0.473. The first-order chi connectivity index (χ1) is 17.5. The molecular formula is C29H21BrN2O3S. The van der Waals surface area contributed by atoms with Gasteiger partial charge in [-0.05, 0) is 88.6 Å². The Morgan fingerprint density at radius 3 is 2.28 bits per heavy atom. The number of thiophene rings is 1. The van der Waals surface area contributed by atoms with Gasteiger partial charge in [0.1, 0.15) is 5.70 Å². The molecule has 4 rings (SSSR count). The minimum Gasteiger partial charge on any atom is -0.321 e. The average Bonchev–Trinajstić information content (AvgIpc) is 3.41. The summed E-state index contributed by atoms with van der Waals surface area (Å²) in [7, 11) is 0. The van der Waals surface area contributed by atoms with Crippen LogP contribution in [0.3, 0.4) is 0 Å². The molecule has 0 aliphatic rings. The molecule has 0 atom stereocenters. The maximum absolute atomic E-state index is 13.0. The molecule has 0 aliphatic heterocycles. The summed E-state index contributed by atoms with van der Waals surface area (Å²) in [5.41, 5.74) is 3.25. The summed E-state index contributed by atoms with van der Waals surface area (Å²) in [5, 5.41) is 9.26. The number of halogens is 1. The lowest BCUT2D eigenvalue weighted by molar-refractivity contribution is -0.113. The summed E-state index contributed by atoms with van der Waals surface area (Å²) in [5.74, 6) is -1.01. The predicted octanol–water partition coefficient (Wildman–Crippen LogP) is 6.82. The molecule has 0 radical (unpaired) electrons. The zero-order chi connectivity index (χ0) is 25.3. The largest absolute Gasteiger partial charge is 0.321 e. The Bertz CT molecular complexity index is 1430. The zero-order valence-corrected chi connectivity index (χ0v) is 21.4. The van der Waals surface area contributed by atoms with Crippen molar-refractivity contribution in [2.24, 2.45) is 0 Å². The van der Waals surface area contributed by atoms with Gasteiger partial charge in [-0.2, -0.15) is 11.3 Å². The van der Waals surface area contributed by atoms with E-state index in [0.717, 1.165) is 15.6 Å². The van der Waals surface area contributed by atoms with Crippen molar-refractivity contribution in [3.8, 4) is 0 Å². The van der Waals surface area contributed by atoms with Crippen LogP contribution in [0.4, 0.5) is 5.69 Å². The molecule has 1 heterocycles. The molecule has 36 heavy (non-hydrogen) atoms. The number of allylic oxidation sites excluding steroid dienone is 1. The van der Waals surface area contributed by atoms with Gasteiger partial charge in [-0.1, -0.05) is 52.3 Å². The van der Waals surface area contributed by atoms with Gasteiger partial charge in [-0.3, -0.25) is 14.4 Å². The van der Waals surface area contributed by atoms with E-state index in [0.29, 0.717) is 16.8 Å². The van der Waals surface area contributed by atoms with E-state index < -0.39 is 5.91 Å². The average molecular weight is 557 g/mol. The van der Waals surface area contributed by atoms with Crippen LogP contribution in [-0.2, 0) is 4.79 Å². The third kappa shape index (κ3) is 6.97. The van der Waals surface area contributed by atoms with Crippen LogP contribution in [0.25, 0.3) is 12.2 Å². The second-order valence-electron chi connectivity index (χ2n) is 7.72. The number of hydrogen-bond acceptors (Lipinski definition) is 4. The monoisotopic (exact) mass is 556 g/mol. The summed E-state index contributed by atoms with van der Waals surface area (Å²) in [6.45, 7) is 0. The van der Waals surface area contributed by atoms with Crippen LogP contribution in [0.1, 0.15) is 31.8 Å². The standard InChI is InChI=1S/C29H21BrN2O3S/c30-24-8-4-5-20(17-24)9-14-27(33)22-10-12-25(13-11-22)31-29(35)26(18-21-15-16-36-19-21)32-28(34)23-6-2-1-3-7-23/h1-19H,(H,31,35)(H,32,34)/b14-9+,26-18-. The van der Waals surface area contributed by atoms with Crippen molar-refractivity contribution >= 4 is 62.7 Å². The number of benzene rings is 3. The Balaban J connectivity index is 1.45. The number of carbonyl (C=O) groups is 3. The maximum atomic E-state index is 13.0. The number of amides is 2. The van der Waals surface area contributed by atoms with Crippen LogP contribution in [0, 0.1) is 0 Å². The third-order valence-corrected chi connectivity index (χ3v) is 6.28. The molecular weight excluding hydrogens is 536 g/mol. The normalized spacial score (nSPS) is 11.3. The van der Waals surface area contributed by atoms with E-state index in [2.05, 4.69) is 26.6 Å². The molecule has 178 valence electrons. The SMILES string of the molecule is O=C(Nc1ccc(C(=O)/C=C/c2cccc(Br)c2)cc1)/C(=C/c1ccsc1)NC(=O)c1ccccc1. The Labute approximate surface area is 221 Å². The zero-order valence-electron chi connectivity index (χ0n) is 19.0. The van der Waals surface area contributed by atoms with Crippen molar-refractivity contribution in [1.29, 1.82) is 0 Å². The molecule has 0 fully saturated rings. The summed E-state index contributed by atoms with van der Waals surface area (Å²) in [6.07, 6.45) is 4.88. The van der Waals surface area contributed by atoms with Gasteiger partial charge < -0.3 is 10.6 Å². The lowest BCUT2D eigenvalue weighted by Crippen LogP contribution is -2.30. The number of nitrogens with one attached hydrogen (secondary N) is 2. The van der Waals surface area contributed by atoms with Gasteiger partial charge in [0.2, 0.25) is 0 Å². The number of hydrogen-bond donors (Lipinski definition) is 2. The van der Waals surface area contributed by atoms with Crippen LogP contribution in [-0.4, -0.2) is 17.6 Å². The second kappa shape index (κ2) is 12.1. The number of rotatable bonds is 8. The summed E-state index contributed by atoms with van der Waals surface area (Å²) < 4.78 is 0.935. The lowest BCUT2D eigenvalue weighted by Gasteiger charge is -2.11. The maximum Gasteiger partial charge on any atom is 0.272 e. The fourth-order valence-corrected chi connectivity index (χ4v) is 4.30. The van der Waals surface area contributed by atoms with E-state index in [1.165, 1.54) is 17.4 Å². The summed E-state index contributed by atoms with van der Waals surface area (Å²) in [4.78, 5) is 38.2. The predicted molar refractivity (Wildman–Crippen MR) is 149 cm³/mol. The van der Waals surface area contributed by atoms with E-state index in [-0.39, 0.29) is 17.4 Å². The molecule has 1 aromatic heterocycles. The Hall–Kier alpha value is -4.07. The van der Waals surface area contributed by atoms with Crippen LogP contribution < -0.4 is 10.6 Å².